The molecule has 31 heavy (non-hydrogen) atoms. The maximum Gasteiger partial charge on any atom is 0.387 e. The SMILES string of the molecule is Cc1nc(S(=O)(=O)N2CCC(C(=O)NCCc3ccc(OC(F)F)cc3)CC2)cn1C. The molecule has 0 bridgehead atoms. The average Bonchev–Trinajstić information content (AvgIpc) is 3.08. The van der Waals surface area contributed by atoms with Crippen molar-refractivity contribution >= 4 is 15.9 Å². The van der Waals surface area contributed by atoms with E-state index in [1.807, 2.05) is 0 Å². The van der Waals surface area contributed by atoms with Crippen molar-refractivity contribution in [2.45, 2.75) is 37.8 Å². The van der Waals surface area contributed by atoms with Crippen LogP contribution in [-0.4, -0.2) is 54.4 Å². The fourth-order valence-corrected chi connectivity index (χ4v) is 4.95. The number of hydrogen-bond donors (Lipinski definition) is 1. The number of sulfonamides is 1. The number of halogens is 2. The van der Waals surface area contributed by atoms with E-state index in [9.17, 15) is 22.0 Å². The van der Waals surface area contributed by atoms with Gasteiger partial charge in [-0.05, 0) is 43.9 Å². The first kappa shape index (κ1) is 23.1. The quantitative estimate of drug-likeness (QED) is 0.657. The maximum atomic E-state index is 12.7. The Morgan fingerprint density at radius 2 is 1.90 bits per heavy atom. The first-order valence-electron chi connectivity index (χ1n) is 9.98. The number of aryl methyl sites for hydroxylation is 2. The topological polar surface area (TPSA) is 93.5 Å². The summed E-state index contributed by atoms with van der Waals surface area (Å²) in [7, 11) is -1.92. The molecule has 0 saturated carbocycles. The van der Waals surface area contributed by atoms with Gasteiger partial charge in [0.2, 0.25) is 5.91 Å². The number of nitrogens with zero attached hydrogens (tertiary/aromatic N) is 3. The van der Waals surface area contributed by atoms with Crippen molar-refractivity contribution < 1.29 is 26.7 Å². The van der Waals surface area contributed by atoms with Gasteiger partial charge in [-0.3, -0.25) is 4.79 Å². The van der Waals surface area contributed by atoms with Crippen molar-refractivity contribution in [3.8, 4) is 5.75 Å². The second kappa shape index (κ2) is 9.73. The lowest BCUT2D eigenvalue weighted by atomic mass is 9.97. The predicted octanol–water partition coefficient (Wildman–Crippen LogP) is 2.09. The summed E-state index contributed by atoms with van der Waals surface area (Å²) in [5.41, 5.74) is 0.883. The molecule has 0 spiro atoms. The number of nitrogens with one attached hydrogen (secondary N) is 1. The number of carbonyl (C=O) groups is 1. The van der Waals surface area contributed by atoms with Crippen molar-refractivity contribution in [2.75, 3.05) is 19.6 Å². The maximum absolute atomic E-state index is 12.7. The molecule has 1 aromatic heterocycles. The Hall–Kier alpha value is -2.53. The van der Waals surface area contributed by atoms with Crippen LogP contribution in [0.5, 0.6) is 5.75 Å². The highest BCUT2D eigenvalue weighted by molar-refractivity contribution is 7.89. The van der Waals surface area contributed by atoms with Gasteiger partial charge in [-0.2, -0.15) is 13.1 Å². The molecule has 1 fully saturated rings. The van der Waals surface area contributed by atoms with Crippen molar-refractivity contribution in [3.63, 3.8) is 0 Å². The van der Waals surface area contributed by atoms with Crippen LogP contribution in [0.25, 0.3) is 0 Å². The number of amides is 1. The largest absolute Gasteiger partial charge is 0.435 e. The summed E-state index contributed by atoms with van der Waals surface area (Å²) in [6, 6.07) is 6.27. The summed E-state index contributed by atoms with van der Waals surface area (Å²) in [5.74, 6) is 0.344. The van der Waals surface area contributed by atoms with E-state index in [2.05, 4.69) is 15.0 Å². The van der Waals surface area contributed by atoms with Crippen LogP contribution in [0.3, 0.4) is 0 Å². The zero-order chi connectivity index (χ0) is 22.6. The van der Waals surface area contributed by atoms with Crippen LogP contribution in [0, 0.1) is 12.8 Å². The molecule has 1 aromatic carbocycles. The Labute approximate surface area is 180 Å². The van der Waals surface area contributed by atoms with Crippen LogP contribution < -0.4 is 10.1 Å². The Kier molecular flexibility index (Phi) is 7.26. The Bertz CT molecular complexity index is 981. The minimum Gasteiger partial charge on any atom is -0.435 e. The molecule has 1 saturated heterocycles. The van der Waals surface area contributed by atoms with Crippen LogP contribution in [0.2, 0.25) is 0 Å². The van der Waals surface area contributed by atoms with E-state index in [0.717, 1.165) is 5.56 Å². The zero-order valence-corrected chi connectivity index (χ0v) is 18.2. The molecule has 11 heteroatoms. The number of carbonyl (C=O) groups excluding carboxylic acids is 1. The van der Waals surface area contributed by atoms with Gasteiger partial charge in [0.25, 0.3) is 10.0 Å². The van der Waals surface area contributed by atoms with Crippen LogP contribution in [0.15, 0.2) is 35.5 Å². The van der Waals surface area contributed by atoms with Gasteiger partial charge in [-0.25, -0.2) is 13.4 Å². The standard InChI is InChI=1S/C20H26F2N4O4S/c1-14-24-18(13-25(14)2)31(28,29)26-11-8-16(9-12-26)19(27)23-10-7-15-3-5-17(6-4-15)30-20(21)22/h3-6,13,16,20H,7-12H2,1-2H3,(H,23,27). The monoisotopic (exact) mass is 456 g/mol. The van der Waals surface area contributed by atoms with Gasteiger partial charge in [0.05, 0.1) is 0 Å². The summed E-state index contributed by atoms with van der Waals surface area (Å²) in [4.78, 5) is 16.5. The lowest BCUT2D eigenvalue weighted by molar-refractivity contribution is -0.126. The third-order valence-corrected chi connectivity index (χ3v) is 7.15. The van der Waals surface area contributed by atoms with Gasteiger partial charge in [0.1, 0.15) is 11.6 Å². The fourth-order valence-electron chi connectivity index (χ4n) is 3.45. The smallest absolute Gasteiger partial charge is 0.387 e. The van der Waals surface area contributed by atoms with Crippen LogP contribution in [0.1, 0.15) is 24.2 Å². The van der Waals surface area contributed by atoms with Gasteiger partial charge in [-0.15, -0.1) is 0 Å². The normalized spacial score (nSPS) is 15.9. The summed E-state index contributed by atoms with van der Waals surface area (Å²) in [5, 5.41) is 2.90. The number of aromatic nitrogens is 2. The minimum atomic E-state index is -3.66. The third kappa shape index (κ3) is 5.79. The molecule has 0 aliphatic carbocycles. The van der Waals surface area contributed by atoms with Crippen molar-refractivity contribution in [3.05, 3.63) is 41.9 Å². The molecule has 170 valence electrons. The lowest BCUT2D eigenvalue weighted by Gasteiger charge is -2.29. The molecule has 0 atom stereocenters. The number of piperidine rings is 1. The Morgan fingerprint density at radius 1 is 1.26 bits per heavy atom. The molecule has 1 aliphatic heterocycles. The molecule has 2 heterocycles. The van der Waals surface area contributed by atoms with Crippen LogP contribution >= 0.6 is 0 Å². The number of imidazole rings is 1. The second-order valence-electron chi connectivity index (χ2n) is 7.48. The number of alkyl halides is 2. The van der Waals surface area contributed by atoms with E-state index in [4.69, 9.17) is 0 Å². The Morgan fingerprint density at radius 3 is 2.45 bits per heavy atom. The molecule has 8 nitrogen and oxygen atoms in total. The minimum absolute atomic E-state index is 0.0281. The molecular formula is C20H26F2N4O4S. The predicted molar refractivity (Wildman–Crippen MR) is 109 cm³/mol. The first-order valence-corrected chi connectivity index (χ1v) is 11.4. The van der Waals surface area contributed by atoms with E-state index in [-0.39, 0.29) is 35.7 Å². The van der Waals surface area contributed by atoms with Gasteiger partial charge >= 0.3 is 6.61 Å². The second-order valence-corrected chi connectivity index (χ2v) is 9.36. The van der Waals surface area contributed by atoms with E-state index < -0.39 is 16.6 Å². The van der Waals surface area contributed by atoms with Gasteiger partial charge in [0, 0.05) is 38.8 Å². The molecule has 1 amide bonds. The number of hydrogen-bond acceptors (Lipinski definition) is 5. The number of ether oxygens (including phenoxy) is 1. The summed E-state index contributed by atoms with van der Waals surface area (Å²) in [6.45, 7) is -0.191. The summed E-state index contributed by atoms with van der Waals surface area (Å²) in [6.07, 6.45) is 2.93. The Balaban J connectivity index is 1.45. The molecule has 1 N–H and O–H groups in total. The van der Waals surface area contributed by atoms with E-state index >= 15 is 0 Å². The number of benzene rings is 1. The van der Waals surface area contributed by atoms with E-state index in [1.165, 1.54) is 22.6 Å². The molecule has 0 radical (unpaired) electrons. The van der Waals surface area contributed by atoms with Gasteiger partial charge in [-0.1, -0.05) is 12.1 Å². The highest BCUT2D eigenvalue weighted by Crippen LogP contribution is 2.23. The van der Waals surface area contributed by atoms with Gasteiger partial charge in [0.15, 0.2) is 5.03 Å². The zero-order valence-electron chi connectivity index (χ0n) is 17.4. The van der Waals surface area contributed by atoms with E-state index in [0.29, 0.717) is 31.6 Å². The van der Waals surface area contributed by atoms with Gasteiger partial charge < -0.3 is 14.6 Å². The highest BCUT2D eigenvalue weighted by Gasteiger charge is 2.33. The average molecular weight is 457 g/mol. The summed E-state index contributed by atoms with van der Waals surface area (Å²) < 4.78 is 57.2. The third-order valence-electron chi connectivity index (χ3n) is 5.38. The first-order chi connectivity index (χ1) is 14.7. The van der Waals surface area contributed by atoms with Crippen molar-refractivity contribution in [2.24, 2.45) is 13.0 Å². The lowest BCUT2D eigenvalue weighted by Crippen LogP contribution is -2.43. The van der Waals surface area contributed by atoms with Crippen LogP contribution in [0.4, 0.5) is 8.78 Å². The molecule has 1 aliphatic rings. The molecule has 0 unspecified atom stereocenters. The number of rotatable bonds is 8. The van der Waals surface area contributed by atoms with Crippen LogP contribution in [-0.2, 0) is 28.3 Å². The molecule has 3 rings (SSSR count). The van der Waals surface area contributed by atoms with Crippen molar-refractivity contribution in [1.82, 2.24) is 19.2 Å². The van der Waals surface area contributed by atoms with Crippen molar-refractivity contribution in [1.29, 1.82) is 0 Å². The fraction of sp³-hybridized carbons (Fsp3) is 0.500. The molecule has 2 aromatic rings. The summed E-state index contributed by atoms with van der Waals surface area (Å²) >= 11 is 0. The highest BCUT2D eigenvalue weighted by atomic mass is 32.2. The van der Waals surface area contributed by atoms with E-state index in [1.54, 1.807) is 30.7 Å². The molecular weight excluding hydrogens is 430 g/mol.